The Kier molecular flexibility index (Phi) is 9.96. The summed E-state index contributed by atoms with van der Waals surface area (Å²) in [6, 6.07) is 22.5. The van der Waals surface area contributed by atoms with Crippen molar-refractivity contribution in [2.75, 3.05) is 7.11 Å². The smallest absolute Gasteiger partial charge is 0.275 e. The molecule has 0 atom stereocenters. The van der Waals surface area contributed by atoms with Crippen molar-refractivity contribution >= 4 is 58.5 Å². The van der Waals surface area contributed by atoms with E-state index in [9.17, 15) is 4.79 Å². The van der Waals surface area contributed by atoms with Crippen molar-refractivity contribution in [3.63, 3.8) is 0 Å². The molecule has 0 saturated carbocycles. The highest BCUT2D eigenvalue weighted by Gasteiger charge is 2.13. The number of rotatable bonds is 10. The summed E-state index contributed by atoms with van der Waals surface area (Å²) >= 11 is 24.4. The van der Waals surface area contributed by atoms with Crippen LogP contribution >= 0.6 is 46.4 Å². The number of methoxy groups -OCH3 is 1. The molecule has 0 heterocycles. The van der Waals surface area contributed by atoms with Gasteiger partial charge in [0.2, 0.25) is 0 Å². The van der Waals surface area contributed by atoms with Crippen molar-refractivity contribution < 1.29 is 19.0 Å². The van der Waals surface area contributed by atoms with Crippen LogP contribution in [0, 0.1) is 0 Å². The number of carbonyl (C=O) groups excluding carboxylic acids is 1. The van der Waals surface area contributed by atoms with Gasteiger partial charge in [-0.05, 0) is 60.2 Å². The van der Waals surface area contributed by atoms with Gasteiger partial charge in [0.05, 0.1) is 18.9 Å². The molecule has 0 aromatic heterocycles. The number of benzene rings is 4. The summed E-state index contributed by atoms with van der Waals surface area (Å²) in [6.07, 6.45) is 1.50. The number of ether oxygens (including phenoxy) is 3. The Labute approximate surface area is 246 Å². The van der Waals surface area contributed by atoms with E-state index in [0.717, 1.165) is 11.1 Å². The number of nitrogens with zero attached hydrogens (tertiary/aromatic N) is 1. The molecule has 1 amide bonds. The highest BCUT2D eigenvalue weighted by Crippen LogP contribution is 2.30. The average molecular weight is 604 g/mol. The average Bonchev–Trinajstić information content (AvgIpc) is 2.92. The third kappa shape index (κ3) is 7.80. The Hall–Kier alpha value is -3.42. The van der Waals surface area contributed by atoms with Crippen LogP contribution in [0.5, 0.6) is 17.2 Å². The molecule has 10 heteroatoms. The second kappa shape index (κ2) is 13.6. The summed E-state index contributed by atoms with van der Waals surface area (Å²) in [5.41, 5.74) is 5.06. The summed E-state index contributed by atoms with van der Waals surface area (Å²) in [5.74, 6) is 0.975. The Morgan fingerprint density at radius 3 is 2.00 bits per heavy atom. The van der Waals surface area contributed by atoms with Crippen molar-refractivity contribution in [3.8, 4) is 17.2 Å². The molecule has 0 aliphatic carbocycles. The Bertz CT molecular complexity index is 1510. The molecular weight excluding hydrogens is 582 g/mol. The molecule has 0 fully saturated rings. The number of hydrogen-bond acceptors (Lipinski definition) is 5. The minimum absolute atomic E-state index is 0.169. The maximum absolute atomic E-state index is 12.8. The lowest BCUT2D eigenvalue weighted by Gasteiger charge is -2.12. The van der Waals surface area contributed by atoms with E-state index in [2.05, 4.69) is 10.5 Å². The van der Waals surface area contributed by atoms with Gasteiger partial charge in [-0.1, -0.05) is 70.7 Å². The maximum Gasteiger partial charge on any atom is 0.275 e. The van der Waals surface area contributed by atoms with Gasteiger partial charge in [0.25, 0.3) is 5.91 Å². The molecule has 6 nitrogen and oxygen atoms in total. The summed E-state index contributed by atoms with van der Waals surface area (Å²) in [5, 5.41) is 6.16. The van der Waals surface area contributed by atoms with Gasteiger partial charge >= 0.3 is 0 Å². The lowest BCUT2D eigenvalue weighted by atomic mass is 10.2. The third-order valence-electron chi connectivity index (χ3n) is 5.50. The first kappa shape index (κ1) is 28.6. The van der Waals surface area contributed by atoms with Crippen molar-refractivity contribution in [2.45, 2.75) is 13.2 Å². The predicted molar refractivity (Wildman–Crippen MR) is 156 cm³/mol. The van der Waals surface area contributed by atoms with Gasteiger partial charge < -0.3 is 14.2 Å². The quantitative estimate of drug-likeness (QED) is 0.146. The van der Waals surface area contributed by atoms with Crippen molar-refractivity contribution in [1.82, 2.24) is 5.43 Å². The molecule has 4 aromatic rings. The van der Waals surface area contributed by atoms with Crippen molar-refractivity contribution in [2.24, 2.45) is 5.10 Å². The number of hydrogen-bond donors (Lipinski definition) is 1. The van der Waals surface area contributed by atoms with Crippen LogP contribution in [0.2, 0.25) is 20.1 Å². The van der Waals surface area contributed by atoms with Gasteiger partial charge in [-0.3, -0.25) is 4.79 Å². The zero-order chi connectivity index (χ0) is 27.8. The summed E-state index contributed by atoms with van der Waals surface area (Å²) in [7, 11) is 1.54. The molecule has 39 heavy (non-hydrogen) atoms. The number of halogens is 4. The molecule has 0 saturated heterocycles. The van der Waals surface area contributed by atoms with Crippen LogP contribution in [-0.4, -0.2) is 19.2 Å². The molecule has 0 aliphatic rings. The van der Waals surface area contributed by atoms with Crippen molar-refractivity contribution in [3.05, 3.63) is 121 Å². The predicted octanol–water partition coefficient (Wildman–Crippen LogP) is 8.23. The van der Waals surface area contributed by atoms with Crippen LogP contribution in [0.25, 0.3) is 0 Å². The first-order chi connectivity index (χ1) is 18.8. The van der Waals surface area contributed by atoms with Crippen LogP contribution in [0.4, 0.5) is 0 Å². The second-order valence-corrected chi connectivity index (χ2v) is 9.84. The van der Waals surface area contributed by atoms with Gasteiger partial charge in [0.1, 0.15) is 19.0 Å². The van der Waals surface area contributed by atoms with Gasteiger partial charge in [-0.15, -0.1) is 0 Å². The van der Waals surface area contributed by atoms with E-state index in [1.165, 1.54) is 13.3 Å². The minimum Gasteiger partial charge on any atom is -0.493 e. The Morgan fingerprint density at radius 1 is 0.769 bits per heavy atom. The standard InChI is InChI=1S/C29H22Cl4N2O4/c1-37-28-12-18(6-11-27(28)39-17-20-8-10-22(31)14-25(20)33)15-34-35-29(36)23-4-2-3-5-26(23)38-16-19-7-9-21(30)13-24(19)32/h2-15H,16-17H2,1H3,(H,35,36)/b34-15+. The molecule has 0 bridgehead atoms. The topological polar surface area (TPSA) is 69.2 Å². The van der Waals surface area contributed by atoms with E-state index < -0.39 is 5.91 Å². The molecule has 0 radical (unpaired) electrons. The molecule has 200 valence electrons. The number of nitrogens with one attached hydrogen (secondary N) is 1. The normalized spacial score (nSPS) is 10.9. The largest absolute Gasteiger partial charge is 0.493 e. The SMILES string of the molecule is COc1cc(/C=N/NC(=O)c2ccccc2OCc2ccc(Cl)cc2Cl)ccc1OCc1ccc(Cl)cc1Cl. The maximum atomic E-state index is 12.8. The van der Waals surface area contributed by atoms with Crippen molar-refractivity contribution in [1.29, 1.82) is 0 Å². The summed E-state index contributed by atoms with van der Waals surface area (Å²) in [4.78, 5) is 12.8. The Balaban J connectivity index is 1.38. The van der Waals surface area contributed by atoms with Crippen LogP contribution < -0.4 is 19.6 Å². The third-order valence-corrected chi connectivity index (χ3v) is 6.67. The van der Waals surface area contributed by atoms with E-state index in [4.69, 9.17) is 60.6 Å². The highest BCUT2D eigenvalue weighted by molar-refractivity contribution is 6.35. The summed E-state index contributed by atoms with van der Waals surface area (Å²) < 4.78 is 17.2. The van der Waals surface area contributed by atoms with E-state index >= 15 is 0 Å². The zero-order valence-electron chi connectivity index (χ0n) is 20.6. The monoisotopic (exact) mass is 602 g/mol. The van der Waals surface area contributed by atoms with Gasteiger partial charge in [-0.25, -0.2) is 5.43 Å². The van der Waals surface area contributed by atoms with Gasteiger partial charge in [0, 0.05) is 31.2 Å². The molecule has 4 rings (SSSR count). The minimum atomic E-state index is -0.434. The molecule has 4 aromatic carbocycles. The Morgan fingerprint density at radius 2 is 1.38 bits per heavy atom. The fraction of sp³-hybridized carbons (Fsp3) is 0.103. The first-order valence-corrected chi connectivity index (χ1v) is 13.1. The molecule has 1 N–H and O–H groups in total. The second-order valence-electron chi connectivity index (χ2n) is 8.15. The van der Waals surface area contributed by atoms with Crippen LogP contribution in [0.1, 0.15) is 27.0 Å². The van der Waals surface area contributed by atoms with E-state index in [1.54, 1.807) is 78.9 Å². The number of amides is 1. The molecular formula is C29H22Cl4N2O4. The lowest BCUT2D eigenvalue weighted by Crippen LogP contribution is -2.18. The van der Waals surface area contributed by atoms with E-state index in [0.29, 0.717) is 48.5 Å². The van der Waals surface area contributed by atoms with E-state index in [1.807, 2.05) is 0 Å². The summed E-state index contributed by atoms with van der Waals surface area (Å²) in [6.45, 7) is 0.406. The fourth-order valence-corrected chi connectivity index (χ4v) is 4.40. The van der Waals surface area contributed by atoms with Crippen LogP contribution in [0.3, 0.4) is 0 Å². The van der Waals surface area contributed by atoms with Crippen LogP contribution in [-0.2, 0) is 13.2 Å². The molecule has 0 aliphatic heterocycles. The number of para-hydroxylation sites is 1. The molecule has 0 unspecified atom stereocenters. The molecule has 0 spiro atoms. The van der Waals surface area contributed by atoms with Gasteiger partial charge in [-0.2, -0.15) is 5.10 Å². The highest BCUT2D eigenvalue weighted by atomic mass is 35.5. The number of hydrazone groups is 1. The number of carbonyl (C=O) groups is 1. The first-order valence-electron chi connectivity index (χ1n) is 11.6. The van der Waals surface area contributed by atoms with E-state index in [-0.39, 0.29) is 13.2 Å². The fourth-order valence-electron chi connectivity index (χ4n) is 3.48. The van der Waals surface area contributed by atoms with Gasteiger partial charge in [0.15, 0.2) is 11.5 Å². The lowest BCUT2D eigenvalue weighted by molar-refractivity contribution is 0.0950. The zero-order valence-corrected chi connectivity index (χ0v) is 23.6. The van der Waals surface area contributed by atoms with Crippen LogP contribution in [0.15, 0.2) is 84.0 Å².